The highest BCUT2D eigenvalue weighted by molar-refractivity contribution is 4.91. The molecular weight excluding hydrogens is 194 g/mol. The zero-order valence-corrected chi connectivity index (χ0v) is 11.3. The van der Waals surface area contributed by atoms with E-state index in [0.29, 0.717) is 0 Å². The zero-order valence-electron chi connectivity index (χ0n) is 11.3. The van der Waals surface area contributed by atoms with Gasteiger partial charge in [0.2, 0.25) is 0 Å². The van der Waals surface area contributed by atoms with Gasteiger partial charge < -0.3 is 0 Å². The first-order valence-electron chi connectivity index (χ1n) is 7.62. The summed E-state index contributed by atoms with van der Waals surface area (Å²) < 4.78 is 0. The van der Waals surface area contributed by atoms with E-state index in [4.69, 9.17) is 0 Å². The van der Waals surface area contributed by atoms with Crippen LogP contribution >= 0.6 is 0 Å². The van der Waals surface area contributed by atoms with E-state index < -0.39 is 0 Å². The first-order chi connectivity index (χ1) is 7.86. The van der Waals surface area contributed by atoms with E-state index in [-0.39, 0.29) is 0 Å². The molecule has 3 atom stereocenters. The Hall–Kier alpha value is -0.0400. The lowest BCUT2D eigenvalue weighted by atomic mass is 9.75. The Morgan fingerprint density at radius 1 is 0.938 bits per heavy atom. The molecule has 0 aromatic rings. The predicted molar refractivity (Wildman–Crippen MR) is 70.7 cm³/mol. The van der Waals surface area contributed by atoms with Crippen molar-refractivity contribution in [2.45, 2.75) is 83.7 Å². The number of hydrogen-bond donors (Lipinski definition) is 0. The number of piperidine rings is 1. The van der Waals surface area contributed by atoms with Gasteiger partial charge in [0.25, 0.3) is 0 Å². The van der Waals surface area contributed by atoms with Crippen LogP contribution in [0.1, 0.15) is 71.6 Å². The normalized spacial score (nSPS) is 36.0. The van der Waals surface area contributed by atoms with Gasteiger partial charge in [0.05, 0.1) is 0 Å². The Morgan fingerprint density at radius 3 is 2.50 bits per heavy atom. The van der Waals surface area contributed by atoms with Crippen LogP contribution in [-0.2, 0) is 0 Å². The van der Waals surface area contributed by atoms with Crippen LogP contribution in [0.3, 0.4) is 0 Å². The summed E-state index contributed by atoms with van der Waals surface area (Å²) in [5.74, 6) is 1.05. The van der Waals surface area contributed by atoms with E-state index in [0.717, 1.165) is 18.0 Å². The molecule has 0 N–H and O–H groups in total. The minimum absolute atomic E-state index is 0.921. The summed E-state index contributed by atoms with van der Waals surface area (Å²) in [5.41, 5.74) is 0. The van der Waals surface area contributed by atoms with Gasteiger partial charge in [0.15, 0.2) is 0 Å². The van der Waals surface area contributed by atoms with E-state index in [1.807, 2.05) is 0 Å². The summed E-state index contributed by atoms with van der Waals surface area (Å²) >= 11 is 0. The molecule has 2 aliphatic rings. The minimum atomic E-state index is 0.921. The lowest BCUT2D eigenvalue weighted by molar-refractivity contribution is 0.0115. The summed E-state index contributed by atoms with van der Waals surface area (Å²) in [6, 6.07) is 1.88. The smallest absolute Gasteiger partial charge is 0.0126 e. The van der Waals surface area contributed by atoms with E-state index in [9.17, 15) is 0 Å². The van der Waals surface area contributed by atoms with E-state index >= 15 is 0 Å². The molecule has 94 valence electrons. The molecule has 0 radical (unpaired) electrons. The minimum Gasteiger partial charge on any atom is -0.297 e. The molecule has 1 saturated carbocycles. The van der Waals surface area contributed by atoms with Gasteiger partial charge in [-0.3, -0.25) is 4.90 Å². The Kier molecular flexibility index (Phi) is 4.69. The standard InChI is InChI=1S/C15H29N/c1-3-7-14-11-10-13-8-5-6-9-15(13)16(14)12-4-2/h13-15H,3-12H2,1-2H3. The number of likely N-dealkylation sites (tertiary alicyclic amines) is 1. The van der Waals surface area contributed by atoms with E-state index in [2.05, 4.69) is 18.7 Å². The van der Waals surface area contributed by atoms with Crippen LogP contribution in [0.15, 0.2) is 0 Å². The topological polar surface area (TPSA) is 3.24 Å². The summed E-state index contributed by atoms with van der Waals surface area (Å²) in [4.78, 5) is 2.90. The number of rotatable bonds is 4. The molecule has 1 heterocycles. The quantitative estimate of drug-likeness (QED) is 0.690. The highest BCUT2D eigenvalue weighted by Gasteiger charge is 2.37. The van der Waals surface area contributed by atoms with Crippen molar-refractivity contribution in [3.05, 3.63) is 0 Å². The lowest BCUT2D eigenvalue weighted by Crippen LogP contribution is -2.52. The molecule has 0 aromatic heterocycles. The fourth-order valence-electron chi connectivity index (χ4n) is 4.05. The summed E-state index contributed by atoms with van der Waals surface area (Å²) in [6.45, 7) is 6.04. The van der Waals surface area contributed by atoms with Gasteiger partial charge >= 0.3 is 0 Å². The maximum Gasteiger partial charge on any atom is 0.0126 e. The molecule has 2 rings (SSSR count). The van der Waals surface area contributed by atoms with Crippen molar-refractivity contribution in [2.24, 2.45) is 5.92 Å². The summed E-state index contributed by atoms with van der Waals surface area (Å²) in [5, 5.41) is 0. The highest BCUT2D eigenvalue weighted by atomic mass is 15.2. The largest absolute Gasteiger partial charge is 0.297 e. The van der Waals surface area contributed by atoms with Crippen molar-refractivity contribution in [3.8, 4) is 0 Å². The van der Waals surface area contributed by atoms with Crippen LogP contribution in [0.2, 0.25) is 0 Å². The number of nitrogens with zero attached hydrogens (tertiary/aromatic N) is 1. The first-order valence-corrected chi connectivity index (χ1v) is 7.62. The van der Waals surface area contributed by atoms with Crippen LogP contribution < -0.4 is 0 Å². The molecule has 1 nitrogen and oxygen atoms in total. The zero-order chi connectivity index (χ0) is 11.4. The molecule has 16 heavy (non-hydrogen) atoms. The van der Waals surface area contributed by atoms with Gasteiger partial charge in [0, 0.05) is 12.1 Å². The molecule has 0 aromatic carbocycles. The first kappa shape index (κ1) is 12.4. The molecule has 0 amide bonds. The third-order valence-corrected chi connectivity index (χ3v) is 4.74. The fraction of sp³-hybridized carbons (Fsp3) is 1.00. The Bertz CT molecular complexity index is 202. The molecule has 1 heteroatoms. The van der Waals surface area contributed by atoms with Crippen LogP contribution in [0, 0.1) is 5.92 Å². The van der Waals surface area contributed by atoms with Crippen LogP contribution in [-0.4, -0.2) is 23.5 Å². The van der Waals surface area contributed by atoms with Crippen molar-refractivity contribution in [2.75, 3.05) is 6.54 Å². The monoisotopic (exact) mass is 223 g/mol. The van der Waals surface area contributed by atoms with Crippen molar-refractivity contribution in [3.63, 3.8) is 0 Å². The van der Waals surface area contributed by atoms with Crippen LogP contribution in [0.5, 0.6) is 0 Å². The molecule has 1 saturated heterocycles. The van der Waals surface area contributed by atoms with E-state index in [1.54, 1.807) is 0 Å². The Balaban J connectivity index is 2.01. The van der Waals surface area contributed by atoms with Crippen molar-refractivity contribution < 1.29 is 0 Å². The van der Waals surface area contributed by atoms with Crippen molar-refractivity contribution in [1.82, 2.24) is 4.90 Å². The molecule has 1 aliphatic heterocycles. The second kappa shape index (κ2) is 6.05. The maximum absolute atomic E-state index is 2.90. The Labute approximate surface area is 102 Å². The fourth-order valence-corrected chi connectivity index (χ4v) is 4.05. The number of fused-ring (bicyclic) bond motifs is 1. The summed E-state index contributed by atoms with van der Waals surface area (Å²) in [7, 11) is 0. The van der Waals surface area contributed by atoms with Crippen molar-refractivity contribution in [1.29, 1.82) is 0 Å². The lowest BCUT2D eigenvalue weighted by Gasteiger charge is -2.49. The predicted octanol–water partition coefficient (Wildman–Crippen LogP) is 4.22. The molecule has 1 aliphatic carbocycles. The average Bonchev–Trinajstić information content (AvgIpc) is 2.32. The van der Waals surface area contributed by atoms with Gasteiger partial charge in [-0.05, 0) is 51.0 Å². The van der Waals surface area contributed by atoms with Gasteiger partial charge in [-0.1, -0.05) is 33.1 Å². The molecule has 3 unspecified atom stereocenters. The van der Waals surface area contributed by atoms with Crippen LogP contribution in [0.25, 0.3) is 0 Å². The second-order valence-electron chi connectivity index (χ2n) is 5.87. The van der Waals surface area contributed by atoms with Gasteiger partial charge in [-0.25, -0.2) is 0 Å². The van der Waals surface area contributed by atoms with Gasteiger partial charge in [-0.15, -0.1) is 0 Å². The Morgan fingerprint density at radius 2 is 1.75 bits per heavy atom. The molecular formula is C15H29N. The summed E-state index contributed by atoms with van der Waals surface area (Å²) in [6.07, 6.45) is 13.1. The van der Waals surface area contributed by atoms with Gasteiger partial charge in [0.1, 0.15) is 0 Å². The van der Waals surface area contributed by atoms with E-state index in [1.165, 1.54) is 64.3 Å². The second-order valence-corrected chi connectivity index (χ2v) is 5.87. The maximum atomic E-state index is 2.90. The van der Waals surface area contributed by atoms with Crippen LogP contribution in [0.4, 0.5) is 0 Å². The van der Waals surface area contributed by atoms with Gasteiger partial charge in [-0.2, -0.15) is 0 Å². The number of hydrogen-bond acceptors (Lipinski definition) is 1. The highest BCUT2D eigenvalue weighted by Crippen LogP contribution is 2.38. The third-order valence-electron chi connectivity index (χ3n) is 4.74. The molecule has 2 fully saturated rings. The average molecular weight is 223 g/mol. The molecule has 0 spiro atoms. The van der Waals surface area contributed by atoms with Crippen molar-refractivity contribution >= 4 is 0 Å². The molecule has 0 bridgehead atoms. The SMILES string of the molecule is CCCC1CCC2CCCCC2N1CCC. The third kappa shape index (κ3) is 2.61.